The third-order valence-corrected chi connectivity index (χ3v) is 4.14. The molecule has 0 N–H and O–H groups in total. The van der Waals surface area contributed by atoms with Crippen LogP contribution in [0.4, 0.5) is 0 Å². The number of ketones is 1. The molecule has 0 spiro atoms. The number of carbonyl (C=O) groups is 1. The van der Waals surface area contributed by atoms with E-state index in [0.29, 0.717) is 0 Å². The van der Waals surface area contributed by atoms with Gasteiger partial charge in [-0.1, -0.05) is 22.9 Å². The summed E-state index contributed by atoms with van der Waals surface area (Å²) < 4.78 is 23.3. The summed E-state index contributed by atoms with van der Waals surface area (Å²) in [5.41, 5.74) is 0.0104. The SMILES string of the molecule is CCS(=O)(=O)c1cccnc1C(=O)CBr. The number of aromatic nitrogens is 1. The quantitative estimate of drug-likeness (QED) is 0.622. The molecule has 0 saturated carbocycles. The van der Waals surface area contributed by atoms with Crippen molar-refractivity contribution in [3.8, 4) is 0 Å². The lowest BCUT2D eigenvalue weighted by molar-refractivity contribution is 0.101. The summed E-state index contributed by atoms with van der Waals surface area (Å²) in [5, 5.41) is 0.0657. The highest BCUT2D eigenvalue weighted by atomic mass is 79.9. The molecule has 0 aromatic carbocycles. The Morgan fingerprint density at radius 1 is 1.53 bits per heavy atom. The summed E-state index contributed by atoms with van der Waals surface area (Å²) in [4.78, 5) is 15.2. The van der Waals surface area contributed by atoms with Crippen molar-refractivity contribution in [2.45, 2.75) is 11.8 Å². The van der Waals surface area contributed by atoms with Crippen LogP contribution in [0.15, 0.2) is 23.2 Å². The monoisotopic (exact) mass is 291 g/mol. The highest BCUT2D eigenvalue weighted by Gasteiger charge is 2.20. The van der Waals surface area contributed by atoms with Gasteiger partial charge in [0.2, 0.25) is 0 Å². The maximum absolute atomic E-state index is 11.6. The van der Waals surface area contributed by atoms with Crippen LogP contribution in [0, 0.1) is 0 Å². The molecule has 0 bridgehead atoms. The van der Waals surface area contributed by atoms with Crippen LogP contribution < -0.4 is 0 Å². The number of alkyl halides is 1. The molecule has 0 fully saturated rings. The Labute approximate surface area is 96.8 Å². The molecular weight excluding hydrogens is 282 g/mol. The molecule has 0 aliphatic rings. The Bertz CT molecular complexity index is 470. The number of hydrogen-bond donors (Lipinski definition) is 0. The first-order valence-electron chi connectivity index (χ1n) is 4.30. The number of sulfone groups is 1. The Hall–Kier alpha value is -0.750. The van der Waals surface area contributed by atoms with Gasteiger partial charge in [-0.2, -0.15) is 0 Å². The van der Waals surface area contributed by atoms with E-state index in [4.69, 9.17) is 0 Å². The van der Waals surface area contributed by atoms with E-state index in [1.165, 1.54) is 25.3 Å². The van der Waals surface area contributed by atoms with Gasteiger partial charge in [0.05, 0.1) is 16.0 Å². The number of pyridine rings is 1. The van der Waals surface area contributed by atoms with E-state index in [0.717, 1.165) is 0 Å². The average Bonchev–Trinajstić information content (AvgIpc) is 2.28. The van der Waals surface area contributed by atoms with Crippen LogP contribution in [0.3, 0.4) is 0 Å². The first kappa shape index (κ1) is 12.3. The Kier molecular flexibility index (Phi) is 3.98. The zero-order valence-corrected chi connectivity index (χ0v) is 10.5. The van der Waals surface area contributed by atoms with Gasteiger partial charge in [-0.05, 0) is 12.1 Å². The van der Waals surface area contributed by atoms with E-state index in [1.807, 2.05) is 0 Å². The molecule has 0 aliphatic heterocycles. The second-order valence-corrected chi connectivity index (χ2v) is 5.62. The van der Waals surface area contributed by atoms with Gasteiger partial charge in [-0.25, -0.2) is 8.42 Å². The molecule has 6 heteroatoms. The Morgan fingerprint density at radius 3 is 2.73 bits per heavy atom. The largest absolute Gasteiger partial charge is 0.291 e. The van der Waals surface area contributed by atoms with Crippen LogP contribution in [-0.4, -0.2) is 30.3 Å². The third kappa shape index (κ3) is 2.63. The van der Waals surface area contributed by atoms with Gasteiger partial charge in [0, 0.05) is 6.20 Å². The predicted molar refractivity (Wildman–Crippen MR) is 60.1 cm³/mol. The van der Waals surface area contributed by atoms with Gasteiger partial charge in [-0.15, -0.1) is 0 Å². The number of rotatable bonds is 4. The van der Waals surface area contributed by atoms with Crippen LogP contribution in [-0.2, 0) is 9.84 Å². The van der Waals surface area contributed by atoms with E-state index in [-0.39, 0.29) is 27.5 Å². The Morgan fingerprint density at radius 2 is 2.20 bits per heavy atom. The van der Waals surface area contributed by atoms with Crippen LogP contribution in [0.2, 0.25) is 0 Å². The second kappa shape index (κ2) is 4.85. The molecule has 82 valence electrons. The smallest absolute Gasteiger partial charge is 0.193 e. The van der Waals surface area contributed by atoms with Crippen molar-refractivity contribution in [3.63, 3.8) is 0 Å². The molecule has 0 radical (unpaired) electrons. The maximum Gasteiger partial charge on any atom is 0.193 e. The molecule has 15 heavy (non-hydrogen) atoms. The fraction of sp³-hybridized carbons (Fsp3) is 0.333. The van der Waals surface area contributed by atoms with Crippen molar-refractivity contribution in [1.82, 2.24) is 4.98 Å². The molecule has 1 aromatic heterocycles. The van der Waals surface area contributed by atoms with Gasteiger partial charge in [0.1, 0.15) is 5.69 Å². The zero-order valence-electron chi connectivity index (χ0n) is 8.10. The van der Waals surface area contributed by atoms with E-state index in [9.17, 15) is 13.2 Å². The molecule has 0 amide bonds. The number of halogens is 1. The predicted octanol–water partition coefficient (Wildman–Crippen LogP) is 1.45. The van der Waals surface area contributed by atoms with E-state index in [2.05, 4.69) is 20.9 Å². The van der Waals surface area contributed by atoms with Crippen LogP contribution in [0.1, 0.15) is 17.4 Å². The lowest BCUT2D eigenvalue weighted by Crippen LogP contribution is -2.13. The maximum atomic E-state index is 11.6. The van der Waals surface area contributed by atoms with Gasteiger partial charge in [0.25, 0.3) is 0 Å². The van der Waals surface area contributed by atoms with E-state index in [1.54, 1.807) is 0 Å². The van der Waals surface area contributed by atoms with Crippen LogP contribution in [0.25, 0.3) is 0 Å². The highest BCUT2D eigenvalue weighted by molar-refractivity contribution is 9.09. The number of carbonyl (C=O) groups excluding carboxylic acids is 1. The molecule has 0 saturated heterocycles. The van der Waals surface area contributed by atoms with Gasteiger partial charge < -0.3 is 0 Å². The summed E-state index contributed by atoms with van der Waals surface area (Å²) in [6, 6.07) is 2.91. The van der Waals surface area contributed by atoms with Gasteiger partial charge >= 0.3 is 0 Å². The zero-order chi connectivity index (χ0) is 11.5. The van der Waals surface area contributed by atoms with Crippen molar-refractivity contribution in [2.75, 3.05) is 11.1 Å². The first-order valence-corrected chi connectivity index (χ1v) is 7.07. The fourth-order valence-electron chi connectivity index (χ4n) is 1.07. The van der Waals surface area contributed by atoms with Crippen molar-refractivity contribution in [3.05, 3.63) is 24.0 Å². The van der Waals surface area contributed by atoms with E-state index >= 15 is 0 Å². The highest BCUT2D eigenvalue weighted by Crippen LogP contribution is 2.15. The molecule has 1 heterocycles. The molecule has 0 atom stereocenters. The first-order chi connectivity index (χ1) is 7.03. The average molecular weight is 292 g/mol. The Balaban J connectivity index is 3.37. The van der Waals surface area contributed by atoms with Crippen molar-refractivity contribution in [1.29, 1.82) is 0 Å². The summed E-state index contributed by atoms with van der Waals surface area (Å²) in [6.07, 6.45) is 1.41. The fourth-order valence-corrected chi connectivity index (χ4v) is 2.39. The molecule has 4 nitrogen and oxygen atoms in total. The van der Waals surface area contributed by atoms with Gasteiger partial charge in [0.15, 0.2) is 15.6 Å². The molecule has 0 aliphatic carbocycles. The molecule has 1 rings (SSSR count). The van der Waals surface area contributed by atoms with Crippen LogP contribution >= 0.6 is 15.9 Å². The summed E-state index contributed by atoms with van der Waals surface area (Å²) in [6.45, 7) is 1.53. The topological polar surface area (TPSA) is 64.1 Å². The lowest BCUT2D eigenvalue weighted by Gasteiger charge is -2.05. The van der Waals surface area contributed by atoms with E-state index < -0.39 is 9.84 Å². The minimum absolute atomic E-state index is 0.0104. The minimum atomic E-state index is -3.39. The number of nitrogens with zero attached hydrogens (tertiary/aromatic N) is 1. The molecular formula is C9H10BrNO3S. The summed E-state index contributed by atoms with van der Waals surface area (Å²) in [7, 11) is -3.39. The normalized spacial score (nSPS) is 11.3. The number of hydrogen-bond acceptors (Lipinski definition) is 4. The standard InChI is InChI=1S/C9H10BrNO3S/c1-2-15(13,14)8-4-3-5-11-9(8)7(12)6-10/h3-5H,2,6H2,1H3. The minimum Gasteiger partial charge on any atom is -0.291 e. The third-order valence-electron chi connectivity index (χ3n) is 1.87. The summed E-state index contributed by atoms with van der Waals surface area (Å²) >= 11 is 2.99. The summed E-state index contributed by atoms with van der Waals surface area (Å²) in [5.74, 6) is -0.371. The van der Waals surface area contributed by atoms with Crippen molar-refractivity contribution in [2.24, 2.45) is 0 Å². The van der Waals surface area contributed by atoms with Gasteiger partial charge in [-0.3, -0.25) is 9.78 Å². The molecule has 0 unspecified atom stereocenters. The van der Waals surface area contributed by atoms with Crippen LogP contribution in [0.5, 0.6) is 0 Å². The van der Waals surface area contributed by atoms with Crippen molar-refractivity contribution >= 4 is 31.6 Å². The van der Waals surface area contributed by atoms with Crippen molar-refractivity contribution < 1.29 is 13.2 Å². The second-order valence-electron chi connectivity index (χ2n) is 2.81. The number of Topliss-reactive ketones (excluding diaryl/α,β-unsaturated/α-hetero) is 1. The molecule has 1 aromatic rings. The lowest BCUT2D eigenvalue weighted by atomic mass is 10.3.